The van der Waals surface area contributed by atoms with Crippen LogP contribution >= 0.6 is 9.24 Å². The number of benzene rings is 2. The van der Waals surface area contributed by atoms with Gasteiger partial charge < -0.3 is 4.57 Å². The van der Waals surface area contributed by atoms with Crippen LogP contribution in [0.4, 0.5) is 4.39 Å². The highest BCUT2D eigenvalue weighted by atomic mass is 31.0. The molecule has 0 bridgehead atoms. The predicted molar refractivity (Wildman–Crippen MR) is 153 cm³/mol. The average Bonchev–Trinajstić information content (AvgIpc) is 2.82. The molecule has 36 heavy (non-hydrogen) atoms. The van der Waals surface area contributed by atoms with Gasteiger partial charge >= 0.3 is 0 Å². The van der Waals surface area contributed by atoms with Gasteiger partial charge in [-0.1, -0.05) is 75.9 Å². The van der Waals surface area contributed by atoms with Crippen molar-refractivity contribution in [2.24, 2.45) is 5.92 Å². The van der Waals surface area contributed by atoms with Crippen LogP contribution in [0.2, 0.25) is 0 Å². The van der Waals surface area contributed by atoms with Crippen LogP contribution in [0, 0.1) is 18.7 Å². The van der Waals surface area contributed by atoms with Crippen molar-refractivity contribution in [1.29, 1.82) is 0 Å². The number of hydrogen-bond acceptors (Lipinski definition) is 2. The number of ketones is 1. The summed E-state index contributed by atoms with van der Waals surface area (Å²) in [6, 6.07) is 15.7. The Morgan fingerprint density at radius 2 is 1.61 bits per heavy atom. The smallest absolute Gasteiger partial charge is 0.228 e. The number of aryl methyl sites for hydroxylation is 1. The van der Waals surface area contributed by atoms with E-state index in [4.69, 9.17) is 0 Å². The largest absolute Gasteiger partial charge is 0.341 e. The second kappa shape index (κ2) is 11.3. The summed E-state index contributed by atoms with van der Waals surface area (Å²) in [6.45, 7) is 15.7. The lowest BCUT2D eigenvalue weighted by molar-refractivity contribution is 0.101. The molecule has 3 nitrogen and oxygen atoms in total. The molecule has 3 aromatic rings. The molecule has 0 fully saturated rings. The number of hydrogen-bond donors (Lipinski definition) is 0. The third-order valence-corrected chi connectivity index (χ3v) is 7.34. The summed E-state index contributed by atoms with van der Waals surface area (Å²) in [6.07, 6.45) is 2.26. The third-order valence-electron chi connectivity index (χ3n) is 6.83. The molecule has 3 rings (SSSR count). The van der Waals surface area contributed by atoms with Crippen LogP contribution < -0.4 is 10.7 Å². The molecule has 2 aromatic carbocycles. The molecular weight excluding hydrogens is 468 g/mol. The van der Waals surface area contributed by atoms with Crippen molar-refractivity contribution in [2.75, 3.05) is 0 Å². The second-order valence-corrected chi connectivity index (χ2v) is 10.2. The van der Waals surface area contributed by atoms with E-state index in [2.05, 4.69) is 29.7 Å². The number of aromatic nitrogens is 1. The fourth-order valence-electron chi connectivity index (χ4n) is 4.93. The van der Waals surface area contributed by atoms with Crippen molar-refractivity contribution in [1.82, 2.24) is 4.57 Å². The molecule has 188 valence electrons. The molecule has 0 amide bonds. The maximum atomic E-state index is 16.1. The van der Waals surface area contributed by atoms with Gasteiger partial charge in [0, 0.05) is 12.2 Å². The van der Waals surface area contributed by atoms with Gasteiger partial charge in [0.05, 0.1) is 11.3 Å². The highest BCUT2D eigenvalue weighted by molar-refractivity contribution is 7.27. The molecule has 1 unspecified atom stereocenters. The van der Waals surface area contributed by atoms with Gasteiger partial charge in [0.15, 0.2) is 11.6 Å². The first-order chi connectivity index (χ1) is 17.0. The van der Waals surface area contributed by atoms with Crippen molar-refractivity contribution < 1.29 is 9.18 Å². The van der Waals surface area contributed by atoms with Crippen LogP contribution in [-0.2, 0) is 0 Å². The molecule has 2 atom stereocenters. The minimum atomic E-state index is -0.905. The summed E-state index contributed by atoms with van der Waals surface area (Å²) in [4.78, 5) is 25.3. The van der Waals surface area contributed by atoms with E-state index in [9.17, 15) is 9.59 Å². The van der Waals surface area contributed by atoms with Gasteiger partial charge in [-0.15, -0.1) is 9.24 Å². The van der Waals surface area contributed by atoms with Crippen LogP contribution in [0.3, 0.4) is 0 Å². The molecule has 0 N–H and O–H groups in total. The first-order valence-corrected chi connectivity index (χ1v) is 12.9. The van der Waals surface area contributed by atoms with Gasteiger partial charge in [0.2, 0.25) is 5.43 Å². The number of nitrogens with zero attached hydrogens (tertiary/aromatic N) is 1. The van der Waals surface area contributed by atoms with Crippen LogP contribution in [0.1, 0.15) is 79.8 Å². The Bertz CT molecular complexity index is 1410. The number of carbonyl (C=O) groups is 1. The maximum Gasteiger partial charge on any atom is 0.228 e. The summed E-state index contributed by atoms with van der Waals surface area (Å²) in [7, 11) is 2.74. The maximum absolute atomic E-state index is 16.1. The number of allylic oxidation sites excluding steroid dienone is 3. The number of carbonyl (C=O) groups excluding carboxylic acids is 1. The monoisotopic (exact) mass is 503 g/mol. The lowest BCUT2D eigenvalue weighted by Gasteiger charge is -2.29. The van der Waals surface area contributed by atoms with Crippen molar-refractivity contribution in [3.8, 4) is 0 Å². The molecule has 0 spiro atoms. The Labute approximate surface area is 216 Å². The molecule has 0 aliphatic rings. The minimum absolute atomic E-state index is 0.108. The van der Waals surface area contributed by atoms with Gasteiger partial charge in [-0.05, 0) is 71.8 Å². The highest BCUT2D eigenvalue weighted by Gasteiger charge is 2.27. The highest BCUT2D eigenvalue weighted by Crippen LogP contribution is 2.39. The van der Waals surface area contributed by atoms with Gasteiger partial charge in [-0.25, -0.2) is 4.39 Å². The van der Waals surface area contributed by atoms with E-state index in [1.54, 1.807) is 10.8 Å². The van der Waals surface area contributed by atoms with E-state index in [1.807, 2.05) is 69.3 Å². The van der Waals surface area contributed by atoms with Crippen molar-refractivity contribution in [3.05, 3.63) is 105 Å². The van der Waals surface area contributed by atoms with Gasteiger partial charge in [-0.2, -0.15) is 0 Å². The van der Waals surface area contributed by atoms with E-state index < -0.39 is 17.0 Å². The van der Waals surface area contributed by atoms with Crippen LogP contribution in [0.25, 0.3) is 16.7 Å². The van der Waals surface area contributed by atoms with Crippen LogP contribution in [0.5, 0.6) is 0 Å². The van der Waals surface area contributed by atoms with Crippen LogP contribution in [0.15, 0.2) is 66.1 Å². The fraction of sp³-hybridized carbons (Fsp3) is 0.290. The zero-order chi connectivity index (χ0) is 26.7. The van der Waals surface area contributed by atoms with Gasteiger partial charge in [0.25, 0.3) is 0 Å². The Kier molecular flexibility index (Phi) is 8.63. The van der Waals surface area contributed by atoms with Crippen molar-refractivity contribution in [2.45, 2.75) is 54.0 Å². The van der Waals surface area contributed by atoms with E-state index in [1.165, 1.54) is 6.92 Å². The first-order valence-electron chi connectivity index (χ1n) is 12.3. The van der Waals surface area contributed by atoms with Gasteiger partial charge in [-0.3, -0.25) is 9.59 Å². The zero-order valence-corrected chi connectivity index (χ0v) is 23.1. The average molecular weight is 504 g/mol. The zero-order valence-electron chi connectivity index (χ0n) is 22.0. The van der Waals surface area contributed by atoms with Crippen molar-refractivity contribution in [3.63, 3.8) is 0 Å². The topological polar surface area (TPSA) is 39.1 Å². The number of pyridine rings is 1. The van der Waals surface area contributed by atoms with Crippen LogP contribution in [-0.4, -0.2) is 10.4 Å². The molecule has 0 aliphatic heterocycles. The predicted octanol–water partition coefficient (Wildman–Crippen LogP) is 7.25. The Morgan fingerprint density at radius 3 is 2.14 bits per heavy atom. The van der Waals surface area contributed by atoms with E-state index in [-0.39, 0.29) is 23.2 Å². The molecular formula is C31H35FNO2P. The molecule has 0 saturated carbocycles. The Balaban J connectivity index is 2.51. The lowest BCUT2D eigenvalue weighted by Crippen LogP contribution is -2.27. The summed E-state index contributed by atoms with van der Waals surface area (Å²) < 4.78 is 17.9. The molecule has 0 aliphatic carbocycles. The second-order valence-electron chi connectivity index (χ2n) is 9.60. The number of halogens is 1. The Morgan fingerprint density at radius 1 is 1.03 bits per heavy atom. The normalized spacial score (nSPS) is 12.9. The van der Waals surface area contributed by atoms with E-state index >= 15 is 4.39 Å². The quantitative estimate of drug-likeness (QED) is 0.185. The molecule has 5 heteroatoms. The Hall–Kier alpha value is -3.10. The molecule has 0 radical (unpaired) electrons. The van der Waals surface area contributed by atoms with Crippen molar-refractivity contribution >= 4 is 37.0 Å². The van der Waals surface area contributed by atoms with E-state index in [0.29, 0.717) is 12.0 Å². The lowest BCUT2D eigenvalue weighted by atomic mass is 9.86. The van der Waals surface area contributed by atoms with E-state index in [0.717, 1.165) is 33.1 Å². The third kappa shape index (κ3) is 5.20. The molecule has 1 heterocycles. The fourth-order valence-corrected chi connectivity index (χ4v) is 5.31. The molecule has 0 saturated heterocycles. The SMILES string of the molecule is C=C(/C(=C(\C)c1c(F)c(=O)c(C(C)=O)cn1[C@@H](CC)C(C)C)c1ccccc1C)c1ccccc1P. The first kappa shape index (κ1) is 27.5. The summed E-state index contributed by atoms with van der Waals surface area (Å²) >= 11 is 0. The summed E-state index contributed by atoms with van der Waals surface area (Å²) in [5, 5.41) is 0.972. The number of rotatable bonds is 8. The van der Waals surface area contributed by atoms with Gasteiger partial charge in [0.1, 0.15) is 0 Å². The summed E-state index contributed by atoms with van der Waals surface area (Å²) in [5.41, 5.74) is 4.16. The standard InChI is InChI=1S/C31H35FNO2P/c1-8-26(18(2)3)33-17-25(22(7)34)31(35)29(32)30(33)21(6)28(23-14-10-9-13-19(23)4)20(5)24-15-11-12-16-27(24)36/h9-18,26H,5,8,36H2,1-4,6-7H3/b28-21-/t26-/m0/s1. The summed E-state index contributed by atoms with van der Waals surface area (Å²) in [5.74, 6) is -1.20. The minimum Gasteiger partial charge on any atom is -0.341 e. The number of Topliss-reactive ketones (excluding diaryl/α,β-unsaturated/α-hetero) is 1. The molecule has 1 aromatic heterocycles.